The van der Waals surface area contributed by atoms with Gasteiger partial charge in [0.2, 0.25) is 0 Å². The first-order chi connectivity index (χ1) is 12.4. The van der Waals surface area contributed by atoms with Crippen molar-refractivity contribution in [1.82, 2.24) is 18.6 Å². The van der Waals surface area contributed by atoms with E-state index in [1.165, 1.54) is 9.87 Å². The van der Waals surface area contributed by atoms with Gasteiger partial charge in [-0.25, -0.2) is 9.97 Å². The van der Waals surface area contributed by atoms with Crippen LogP contribution in [0, 0.1) is 6.92 Å². The number of rotatable bonds is 5. The van der Waals surface area contributed by atoms with Crippen LogP contribution in [0.4, 0.5) is 0 Å². The number of hydrogen-bond donors (Lipinski definition) is 0. The van der Waals surface area contributed by atoms with Crippen LogP contribution in [-0.2, 0) is 16.6 Å². The number of nitrogens with zero attached hydrogens (tertiary/aromatic N) is 4. The lowest BCUT2D eigenvalue weighted by Crippen LogP contribution is -2.44. The minimum Gasteiger partial charge on any atom is -0.241 e. The fourth-order valence-electron chi connectivity index (χ4n) is 3.41. The lowest BCUT2D eigenvalue weighted by atomic mass is 9.90. The Morgan fingerprint density at radius 2 is 1.81 bits per heavy atom. The van der Waals surface area contributed by atoms with E-state index in [1.807, 2.05) is 31.3 Å². The van der Waals surface area contributed by atoms with Gasteiger partial charge in [-0.1, -0.05) is 30.3 Å². The van der Waals surface area contributed by atoms with Crippen molar-refractivity contribution in [2.75, 3.05) is 27.2 Å². The summed E-state index contributed by atoms with van der Waals surface area (Å²) in [7, 11) is -0.185. The summed E-state index contributed by atoms with van der Waals surface area (Å²) in [6.45, 7) is 2.96. The normalized spacial score (nSPS) is 16.9. The van der Waals surface area contributed by atoms with Gasteiger partial charge < -0.3 is 0 Å². The summed E-state index contributed by atoms with van der Waals surface area (Å²) >= 11 is 0. The van der Waals surface area contributed by atoms with Gasteiger partial charge in [-0.15, -0.1) is 0 Å². The van der Waals surface area contributed by atoms with E-state index in [4.69, 9.17) is 4.98 Å². The molecule has 2 heterocycles. The molecule has 0 bridgehead atoms. The van der Waals surface area contributed by atoms with Gasteiger partial charge in [0.15, 0.2) is 0 Å². The Bertz CT molecular complexity index is 845. The zero-order valence-corrected chi connectivity index (χ0v) is 16.4. The molecule has 1 fully saturated rings. The average Bonchev–Trinajstić information content (AvgIpc) is 2.64. The molecule has 1 aliphatic heterocycles. The van der Waals surface area contributed by atoms with E-state index in [0.717, 1.165) is 36.3 Å². The highest BCUT2D eigenvalue weighted by molar-refractivity contribution is 7.86. The zero-order chi connectivity index (χ0) is 18.7. The third-order valence-electron chi connectivity index (χ3n) is 4.88. The van der Waals surface area contributed by atoms with E-state index in [-0.39, 0.29) is 5.92 Å². The molecule has 1 saturated heterocycles. The molecule has 0 N–H and O–H groups in total. The molecule has 2 aromatic rings. The maximum atomic E-state index is 12.3. The van der Waals surface area contributed by atoms with Gasteiger partial charge in [0.1, 0.15) is 5.82 Å². The van der Waals surface area contributed by atoms with E-state index in [0.29, 0.717) is 13.1 Å². The predicted octanol–water partition coefficient (Wildman–Crippen LogP) is 2.36. The lowest BCUT2D eigenvalue weighted by molar-refractivity contribution is 0.299. The van der Waals surface area contributed by atoms with Crippen molar-refractivity contribution in [3.63, 3.8) is 0 Å². The standard InChI is InChI=1S/C19H26N4O2S/c1-15-20-14-18(13-16-7-5-4-6-8-16)19(21-15)17-9-11-23(12-10-17)26(24,25)22(2)3/h4-8,14,17H,9-13H2,1-3H3. The molecule has 0 unspecified atom stereocenters. The topological polar surface area (TPSA) is 66.4 Å². The largest absolute Gasteiger partial charge is 0.281 e. The molecule has 1 aliphatic rings. The maximum Gasteiger partial charge on any atom is 0.281 e. The Kier molecular flexibility index (Phi) is 5.70. The van der Waals surface area contributed by atoms with Crippen LogP contribution in [0.25, 0.3) is 0 Å². The van der Waals surface area contributed by atoms with Gasteiger partial charge in [0, 0.05) is 45.7 Å². The Morgan fingerprint density at radius 1 is 1.15 bits per heavy atom. The quantitative estimate of drug-likeness (QED) is 0.806. The monoisotopic (exact) mass is 374 g/mol. The first-order valence-corrected chi connectivity index (χ1v) is 10.3. The Balaban J connectivity index is 1.79. The van der Waals surface area contributed by atoms with Crippen molar-refractivity contribution < 1.29 is 8.42 Å². The molecule has 26 heavy (non-hydrogen) atoms. The van der Waals surface area contributed by atoms with Crippen molar-refractivity contribution in [2.45, 2.75) is 32.1 Å². The summed E-state index contributed by atoms with van der Waals surface area (Å²) in [6.07, 6.45) is 4.29. The van der Waals surface area contributed by atoms with Crippen LogP contribution >= 0.6 is 0 Å². The molecule has 0 amide bonds. The second kappa shape index (κ2) is 7.82. The molecule has 6 nitrogen and oxygen atoms in total. The van der Waals surface area contributed by atoms with Crippen molar-refractivity contribution in [3.05, 3.63) is 59.2 Å². The van der Waals surface area contributed by atoms with Crippen molar-refractivity contribution in [1.29, 1.82) is 0 Å². The van der Waals surface area contributed by atoms with E-state index in [1.54, 1.807) is 18.4 Å². The van der Waals surface area contributed by atoms with Gasteiger partial charge in [-0.2, -0.15) is 17.0 Å². The van der Waals surface area contributed by atoms with E-state index in [9.17, 15) is 8.42 Å². The SMILES string of the molecule is Cc1ncc(Cc2ccccc2)c(C2CCN(S(=O)(=O)N(C)C)CC2)n1. The fraction of sp³-hybridized carbons (Fsp3) is 0.474. The predicted molar refractivity (Wildman–Crippen MR) is 102 cm³/mol. The fourth-order valence-corrected chi connectivity index (χ4v) is 4.54. The van der Waals surface area contributed by atoms with Crippen LogP contribution in [0.1, 0.15) is 41.4 Å². The smallest absolute Gasteiger partial charge is 0.241 e. The Hall–Kier alpha value is -1.83. The first-order valence-electron chi connectivity index (χ1n) is 8.92. The first kappa shape index (κ1) is 18.9. The number of aryl methyl sites for hydroxylation is 1. The van der Waals surface area contributed by atoms with Crippen molar-refractivity contribution in [3.8, 4) is 0 Å². The molecule has 1 aromatic heterocycles. The van der Waals surface area contributed by atoms with Crippen LogP contribution in [-0.4, -0.2) is 54.2 Å². The molecule has 140 valence electrons. The van der Waals surface area contributed by atoms with E-state index in [2.05, 4.69) is 17.1 Å². The van der Waals surface area contributed by atoms with Crippen LogP contribution in [0.2, 0.25) is 0 Å². The average molecular weight is 375 g/mol. The maximum absolute atomic E-state index is 12.3. The number of benzene rings is 1. The summed E-state index contributed by atoms with van der Waals surface area (Å²) in [5, 5.41) is 0. The molecule has 0 aliphatic carbocycles. The number of piperidine rings is 1. The van der Waals surface area contributed by atoms with Gasteiger partial charge >= 0.3 is 0 Å². The minimum absolute atomic E-state index is 0.268. The third-order valence-corrected chi connectivity index (χ3v) is 6.82. The molecule has 1 aromatic carbocycles. The second-order valence-electron chi connectivity index (χ2n) is 6.95. The van der Waals surface area contributed by atoms with Crippen LogP contribution in [0.5, 0.6) is 0 Å². The molecule has 0 radical (unpaired) electrons. The van der Waals surface area contributed by atoms with Gasteiger partial charge in [-0.3, -0.25) is 0 Å². The Labute approximate surface area is 156 Å². The summed E-state index contributed by atoms with van der Waals surface area (Å²) < 4.78 is 27.5. The summed E-state index contributed by atoms with van der Waals surface area (Å²) in [6, 6.07) is 10.3. The highest BCUT2D eigenvalue weighted by Gasteiger charge is 2.31. The van der Waals surface area contributed by atoms with Crippen molar-refractivity contribution in [2.24, 2.45) is 0 Å². The van der Waals surface area contributed by atoms with E-state index >= 15 is 0 Å². The van der Waals surface area contributed by atoms with E-state index < -0.39 is 10.2 Å². The third kappa shape index (κ3) is 4.11. The summed E-state index contributed by atoms with van der Waals surface area (Å²) in [4.78, 5) is 9.11. The highest BCUT2D eigenvalue weighted by Crippen LogP contribution is 2.31. The minimum atomic E-state index is -3.34. The molecule has 7 heteroatoms. The number of hydrogen-bond acceptors (Lipinski definition) is 4. The van der Waals surface area contributed by atoms with Gasteiger partial charge in [0.05, 0.1) is 5.69 Å². The summed E-state index contributed by atoms with van der Waals surface area (Å²) in [5.74, 6) is 1.03. The summed E-state index contributed by atoms with van der Waals surface area (Å²) in [5.41, 5.74) is 3.44. The highest BCUT2D eigenvalue weighted by atomic mass is 32.2. The molecule has 0 saturated carbocycles. The van der Waals surface area contributed by atoms with Gasteiger partial charge in [0.25, 0.3) is 10.2 Å². The molecule has 0 spiro atoms. The van der Waals surface area contributed by atoms with Gasteiger partial charge in [-0.05, 0) is 30.9 Å². The molecular weight excluding hydrogens is 348 g/mol. The molecular formula is C19H26N4O2S. The molecule has 3 rings (SSSR count). The second-order valence-corrected chi connectivity index (χ2v) is 9.10. The van der Waals surface area contributed by atoms with Crippen LogP contribution in [0.3, 0.4) is 0 Å². The number of aromatic nitrogens is 2. The lowest BCUT2D eigenvalue weighted by Gasteiger charge is -2.33. The van der Waals surface area contributed by atoms with Crippen molar-refractivity contribution >= 4 is 10.2 Å². The van der Waals surface area contributed by atoms with Crippen LogP contribution < -0.4 is 0 Å². The van der Waals surface area contributed by atoms with Crippen LogP contribution in [0.15, 0.2) is 36.5 Å². The zero-order valence-electron chi connectivity index (χ0n) is 15.6. The Morgan fingerprint density at radius 3 is 2.42 bits per heavy atom. The molecule has 0 atom stereocenters.